The monoisotopic (exact) mass is 309 g/mol. The Labute approximate surface area is 119 Å². The van der Waals surface area contributed by atoms with Crippen LogP contribution in [-0.2, 0) is 10.0 Å². The maximum absolute atomic E-state index is 12.4. The molecule has 1 rings (SSSR count). The summed E-state index contributed by atoms with van der Waals surface area (Å²) in [7, 11) is -3.51. The molecule has 1 atom stereocenters. The highest BCUT2D eigenvalue weighted by atomic mass is 35.5. The molecule has 0 aliphatic heterocycles. The Morgan fingerprint density at radius 2 is 1.83 bits per heavy atom. The summed E-state index contributed by atoms with van der Waals surface area (Å²) >= 11 is 11.5. The standard InChI is InChI=1S/C12H17Cl2NO2S/c1-10-3-5-12(6-4-10)18(16,17)15(8-7-13)9-11(2)14/h3-6,11H,7-9H2,1-2H3. The van der Waals surface area contributed by atoms with Crippen molar-refractivity contribution in [1.29, 1.82) is 0 Å². The summed E-state index contributed by atoms with van der Waals surface area (Å²) in [6, 6.07) is 6.75. The van der Waals surface area contributed by atoms with Crippen molar-refractivity contribution in [2.45, 2.75) is 24.1 Å². The van der Waals surface area contributed by atoms with Crippen molar-refractivity contribution in [3.63, 3.8) is 0 Å². The lowest BCUT2D eigenvalue weighted by atomic mass is 10.2. The zero-order chi connectivity index (χ0) is 13.8. The summed E-state index contributed by atoms with van der Waals surface area (Å²) in [5.41, 5.74) is 1.02. The minimum atomic E-state index is -3.51. The lowest BCUT2D eigenvalue weighted by molar-refractivity contribution is 0.431. The van der Waals surface area contributed by atoms with Gasteiger partial charge in [-0.25, -0.2) is 8.42 Å². The fraction of sp³-hybridized carbons (Fsp3) is 0.500. The Bertz CT molecular complexity index is 471. The third-order valence-electron chi connectivity index (χ3n) is 2.45. The molecule has 0 radical (unpaired) electrons. The van der Waals surface area contributed by atoms with Crippen LogP contribution in [-0.4, -0.2) is 37.1 Å². The Balaban J connectivity index is 3.04. The van der Waals surface area contributed by atoms with Gasteiger partial charge in [0.25, 0.3) is 0 Å². The van der Waals surface area contributed by atoms with Crippen LogP contribution >= 0.6 is 23.2 Å². The SMILES string of the molecule is Cc1ccc(S(=O)(=O)N(CCCl)CC(C)Cl)cc1. The molecular formula is C12H17Cl2NO2S. The van der Waals surface area contributed by atoms with Crippen LogP contribution in [0, 0.1) is 6.92 Å². The third kappa shape index (κ3) is 4.12. The summed E-state index contributed by atoms with van der Waals surface area (Å²) < 4.78 is 26.1. The molecule has 3 nitrogen and oxygen atoms in total. The number of nitrogens with zero attached hydrogens (tertiary/aromatic N) is 1. The molecule has 1 aromatic rings. The Morgan fingerprint density at radius 3 is 2.28 bits per heavy atom. The van der Waals surface area contributed by atoms with Crippen LogP contribution in [0.4, 0.5) is 0 Å². The van der Waals surface area contributed by atoms with Gasteiger partial charge in [0.1, 0.15) is 0 Å². The Morgan fingerprint density at radius 1 is 1.28 bits per heavy atom. The zero-order valence-electron chi connectivity index (χ0n) is 10.4. The van der Waals surface area contributed by atoms with Crippen LogP contribution in [0.3, 0.4) is 0 Å². The normalized spacial score (nSPS) is 13.8. The van der Waals surface area contributed by atoms with E-state index >= 15 is 0 Å². The fourth-order valence-electron chi connectivity index (χ4n) is 1.54. The van der Waals surface area contributed by atoms with E-state index < -0.39 is 10.0 Å². The number of benzene rings is 1. The molecule has 6 heteroatoms. The number of hydrogen-bond acceptors (Lipinski definition) is 2. The van der Waals surface area contributed by atoms with E-state index in [-0.39, 0.29) is 29.2 Å². The fourth-order valence-corrected chi connectivity index (χ4v) is 3.63. The zero-order valence-corrected chi connectivity index (χ0v) is 12.8. The summed E-state index contributed by atoms with van der Waals surface area (Å²) in [5.74, 6) is 0.245. The molecule has 0 saturated heterocycles. The highest BCUT2D eigenvalue weighted by molar-refractivity contribution is 7.89. The first-order chi connectivity index (χ1) is 8.37. The molecule has 1 aromatic carbocycles. The quantitative estimate of drug-likeness (QED) is 0.758. The van der Waals surface area contributed by atoms with Crippen molar-refractivity contribution in [3.8, 4) is 0 Å². The van der Waals surface area contributed by atoms with E-state index in [0.29, 0.717) is 0 Å². The molecule has 102 valence electrons. The van der Waals surface area contributed by atoms with Crippen LogP contribution in [0.5, 0.6) is 0 Å². The minimum absolute atomic E-state index is 0.245. The highest BCUT2D eigenvalue weighted by Crippen LogP contribution is 2.17. The van der Waals surface area contributed by atoms with Gasteiger partial charge in [-0.1, -0.05) is 17.7 Å². The maximum atomic E-state index is 12.4. The lowest BCUT2D eigenvalue weighted by Crippen LogP contribution is -2.36. The molecule has 0 N–H and O–H groups in total. The van der Waals surface area contributed by atoms with Crippen molar-refractivity contribution in [3.05, 3.63) is 29.8 Å². The van der Waals surface area contributed by atoms with E-state index in [9.17, 15) is 8.42 Å². The molecule has 0 aliphatic carbocycles. The summed E-state index contributed by atoms with van der Waals surface area (Å²) in [6.45, 7) is 4.18. The second-order valence-electron chi connectivity index (χ2n) is 4.15. The van der Waals surface area contributed by atoms with Gasteiger partial charge in [0, 0.05) is 24.3 Å². The van der Waals surface area contributed by atoms with Crippen LogP contribution in [0.1, 0.15) is 12.5 Å². The number of rotatable bonds is 6. The smallest absolute Gasteiger partial charge is 0.207 e. The van der Waals surface area contributed by atoms with Gasteiger partial charge in [-0.05, 0) is 26.0 Å². The van der Waals surface area contributed by atoms with E-state index in [4.69, 9.17) is 23.2 Å². The van der Waals surface area contributed by atoms with Crippen molar-refractivity contribution in [2.24, 2.45) is 0 Å². The minimum Gasteiger partial charge on any atom is -0.207 e. The average molecular weight is 310 g/mol. The molecule has 0 bridgehead atoms. The van der Waals surface area contributed by atoms with Gasteiger partial charge in [0.2, 0.25) is 10.0 Å². The van der Waals surface area contributed by atoms with Crippen LogP contribution in [0.2, 0.25) is 0 Å². The third-order valence-corrected chi connectivity index (χ3v) is 4.63. The van der Waals surface area contributed by atoms with Crippen molar-refractivity contribution in [2.75, 3.05) is 19.0 Å². The molecule has 0 aromatic heterocycles. The van der Waals surface area contributed by atoms with Gasteiger partial charge in [-0.3, -0.25) is 0 Å². The van der Waals surface area contributed by atoms with Crippen molar-refractivity contribution < 1.29 is 8.42 Å². The predicted octanol–water partition coefficient (Wildman–Crippen LogP) is 2.85. The van der Waals surface area contributed by atoms with E-state index in [0.717, 1.165) is 5.56 Å². The molecule has 0 aliphatic rings. The summed E-state index contributed by atoms with van der Waals surface area (Å²) in [6.07, 6.45) is 0. The van der Waals surface area contributed by atoms with Crippen LogP contribution in [0.25, 0.3) is 0 Å². The van der Waals surface area contributed by atoms with Gasteiger partial charge in [0.15, 0.2) is 0 Å². The second kappa shape index (κ2) is 6.75. The molecule has 0 amide bonds. The van der Waals surface area contributed by atoms with Gasteiger partial charge < -0.3 is 0 Å². The Hall–Kier alpha value is -0.290. The summed E-state index contributed by atoms with van der Waals surface area (Å²) in [5, 5.41) is -0.256. The largest absolute Gasteiger partial charge is 0.243 e. The topological polar surface area (TPSA) is 37.4 Å². The van der Waals surface area contributed by atoms with Crippen LogP contribution in [0.15, 0.2) is 29.2 Å². The molecule has 0 fully saturated rings. The molecule has 0 spiro atoms. The van der Waals surface area contributed by atoms with E-state index in [2.05, 4.69) is 0 Å². The number of aryl methyl sites for hydroxylation is 1. The van der Waals surface area contributed by atoms with E-state index in [1.807, 2.05) is 6.92 Å². The summed E-state index contributed by atoms with van der Waals surface area (Å²) in [4.78, 5) is 0.274. The molecule has 0 heterocycles. The molecule has 0 saturated carbocycles. The average Bonchev–Trinajstić information content (AvgIpc) is 2.28. The first-order valence-electron chi connectivity index (χ1n) is 5.64. The number of halogens is 2. The first kappa shape index (κ1) is 15.8. The molecule has 1 unspecified atom stereocenters. The number of alkyl halides is 2. The van der Waals surface area contributed by atoms with E-state index in [1.165, 1.54) is 4.31 Å². The lowest BCUT2D eigenvalue weighted by Gasteiger charge is -2.22. The molecule has 18 heavy (non-hydrogen) atoms. The second-order valence-corrected chi connectivity index (χ2v) is 7.21. The maximum Gasteiger partial charge on any atom is 0.243 e. The number of hydrogen-bond donors (Lipinski definition) is 0. The van der Waals surface area contributed by atoms with Gasteiger partial charge in [-0.15, -0.1) is 23.2 Å². The van der Waals surface area contributed by atoms with Crippen molar-refractivity contribution in [1.82, 2.24) is 4.31 Å². The predicted molar refractivity (Wildman–Crippen MR) is 76.0 cm³/mol. The van der Waals surface area contributed by atoms with Crippen LogP contribution < -0.4 is 0 Å². The number of sulfonamides is 1. The highest BCUT2D eigenvalue weighted by Gasteiger charge is 2.24. The van der Waals surface area contributed by atoms with E-state index in [1.54, 1.807) is 31.2 Å². The Kier molecular flexibility index (Phi) is 5.92. The van der Waals surface area contributed by atoms with Gasteiger partial charge >= 0.3 is 0 Å². The first-order valence-corrected chi connectivity index (χ1v) is 8.06. The van der Waals surface area contributed by atoms with Crippen molar-refractivity contribution >= 4 is 33.2 Å². The van der Waals surface area contributed by atoms with Gasteiger partial charge in [0.05, 0.1) is 4.90 Å². The van der Waals surface area contributed by atoms with Gasteiger partial charge in [-0.2, -0.15) is 4.31 Å². The molecular weight excluding hydrogens is 293 g/mol.